The number of carbonyl (C=O) groups is 1. The quantitative estimate of drug-likeness (QED) is 0.563. The van der Waals surface area contributed by atoms with Gasteiger partial charge in [-0.3, -0.25) is 4.79 Å². The molecule has 5 nitrogen and oxygen atoms in total. The molecule has 1 aromatic heterocycles. The summed E-state index contributed by atoms with van der Waals surface area (Å²) in [5.41, 5.74) is 5.86. The molecule has 0 fully saturated rings. The summed E-state index contributed by atoms with van der Waals surface area (Å²) in [6.07, 6.45) is 0. The zero-order valence-electron chi connectivity index (χ0n) is 8.78. The van der Waals surface area contributed by atoms with Gasteiger partial charge in [-0.15, -0.1) is 0 Å². The minimum atomic E-state index is -0.450. The maximum atomic E-state index is 10.4. The van der Waals surface area contributed by atoms with E-state index in [0.717, 1.165) is 10.3 Å². The summed E-state index contributed by atoms with van der Waals surface area (Å²) in [4.78, 5) is 14.6. The summed E-state index contributed by atoms with van der Waals surface area (Å²) < 4.78 is 5.81. The minimum Gasteiger partial charge on any atom is -0.370 e. The van der Waals surface area contributed by atoms with E-state index in [1.54, 1.807) is 0 Å². The molecule has 16 heavy (non-hydrogen) atoms. The Morgan fingerprint density at radius 1 is 1.56 bits per heavy atom. The molecule has 0 radical (unpaired) electrons. The first kappa shape index (κ1) is 13.1. The first-order chi connectivity index (χ1) is 7.68. The molecule has 0 saturated heterocycles. The number of primary amides is 1. The van der Waals surface area contributed by atoms with Crippen LogP contribution in [0.4, 0.5) is 0 Å². The van der Waals surface area contributed by atoms with E-state index in [1.165, 1.54) is 0 Å². The zero-order valence-corrected chi connectivity index (χ0v) is 10.4. The number of nitrogens with zero attached hydrogens (tertiary/aromatic N) is 1. The van der Waals surface area contributed by atoms with Crippen LogP contribution < -0.4 is 11.1 Å². The van der Waals surface area contributed by atoms with Crippen molar-refractivity contribution in [2.45, 2.75) is 6.54 Å². The Hall–Kier alpha value is -0.980. The van der Waals surface area contributed by atoms with Crippen LogP contribution in [0.25, 0.3) is 0 Å². The standard InChI is InChI=1S/C10H14BrN3O2/c11-9-3-1-2-8(14-9)6-13-4-5-16-7-10(12)15/h1-3,13H,4-7H2,(H2,12,15). The number of nitrogens with two attached hydrogens (primary N) is 1. The summed E-state index contributed by atoms with van der Waals surface area (Å²) in [5, 5.41) is 3.14. The van der Waals surface area contributed by atoms with Gasteiger partial charge < -0.3 is 15.8 Å². The summed E-state index contributed by atoms with van der Waals surface area (Å²) in [6.45, 7) is 1.74. The number of carbonyl (C=O) groups excluding carboxylic acids is 1. The van der Waals surface area contributed by atoms with Crippen LogP contribution in [0.15, 0.2) is 22.8 Å². The Morgan fingerprint density at radius 3 is 3.06 bits per heavy atom. The van der Waals surface area contributed by atoms with Crippen LogP contribution in [0, 0.1) is 0 Å². The highest BCUT2D eigenvalue weighted by molar-refractivity contribution is 9.10. The lowest BCUT2D eigenvalue weighted by Crippen LogP contribution is -2.24. The predicted octanol–water partition coefficient (Wildman–Crippen LogP) is 0.436. The molecule has 1 rings (SSSR count). The van der Waals surface area contributed by atoms with E-state index in [1.807, 2.05) is 18.2 Å². The molecule has 3 N–H and O–H groups in total. The van der Waals surface area contributed by atoms with Gasteiger partial charge in [-0.1, -0.05) is 6.07 Å². The van der Waals surface area contributed by atoms with Crippen LogP contribution >= 0.6 is 15.9 Å². The Balaban J connectivity index is 2.09. The van der Waals surface area contributed by atoms with E-state index in [0.29, 0.717) is 19.7 Å². The summed E-state index contributed by atoms with van der Waals surface area (Å²) >= 11 is 3.30. The molecule has 0 saturated carbocycles. The molecule has 0 spiro atoms. The number of halogens is 1. The second kappa shape index (κ2) is 7.32. The Kier molecular flexibility index (Phi) is 5.99. The minimum absolute atomic E-state index is 0.0309. The number of aromatic nitrogens is 1. The van der Waals surface area contributed by atoms with E-state index < -0.39 is 5.91 Å². The molecule has 88 valence electrons. The number of amides is 1. The second-order valence-electron chi connectivity index (χ2n) is 3.15. The fourth-order valence-electron chi connectivity index (χ4n) is 1.08. The SMILES string of the molecule is NC(=O)COCCNCc1cccc(Br)n1. The number of rotatable bonds is 7. The van der Waals surface area contributed by atoms with Crippen LogP contribution in [0.5, 0.6) is 0 Å². The summed E-state index contributed by atoms with van der Waals surface area (Å²) in [6, 6.07) is 5.74. The van der Waals surface area contributed by atoms with Gasteiger partial charge in [0.25, 0.3) is 0 Å². The highest BCUT2D eigenvalue weighted by Crippen LogP contribution is 2.05. The first-order valence-electron chi connectivity index (χ1n) is 4.86. The van der Waals surface area contributed by atoms with Crippen LogP contribution in [0.3, 0.4) is 0 Å². The largest absolute Gasteiger partial charge is 0.370 e. The molecule has 6 heteroatoms. The average Bonchev–Trinajstić information content (AvgIpc) is 2.23. The van der Waals surface area contributed by atoms with Gasteiger partial charge in [-0.2, -0.15) is 0 Å². The number of nitrogens with one attached hydrogen (secondary N) is 1. The van der Waals surface area contributed by atoms with E-state index in [4.69, 9.17) is 10.5 Å². The highest BCUT2D eigenvalue weighted by Gasteiger charge is 1.96. The van der Waals surface area contributed by atoms with E-state index >= 15 is 0 Å². The van der Waals surface area contributed by atoms with Crippen molar-refractivity contribution in [2.75, 3.05) is 19.8 Å². The number of ether oxygens (including phenoxy) is 1. The van der Waals surface area contributed by atoms with Gasteiger partial charge in [0.1, 0.15) is 11.2 Å². The monoisotopic (exact) mass is 287 g/mol. The third kappa shape index (κ3) is 5.79. The maximum absolute atomic E-state index is 10.4. The molecule has 0 atom stereocenters. The Morgan fingerprint density at radius 2 is 2.38 bits per heavy atom. The van der Waals surface area contributed by atoms with E-state index in [-0.39, 0.29) is 6.61 Å². The van der Waals surface area contributed by atoms with Gasteiger partial charge in [-0.05, 0) is 28.1 Å². The molecular formula is C10H14BrN3O2. The highest BCUT2D eigenvalue weighted by atomic mass is 79.9. The molecule has 0 aromatic carbocycles. The second-order valence-corrected chi connectivity index (χ2v) is 3.96. The number of pyridine rings is 1. The molecule has 0 bridgehead atoms. The topological polar surface area (TPSA) is 77.2 Å². The van der Waals surface area contributed by atoms with Crippen molar-refractivity contribution in [1.29, 1.82) is 0 Å². The molecule has 0 unspecified atom stereocenters. The molecule has 1 aromatic rings. The number of hydrogen-bond donors (Lipinski definition) is 2. The smallest absolute Gasteiger partial charge is 0.243 e. The van der Waals surface area contributed by atoms with Gasteiger partial charge in [0.2, 0.25) is 5.91 Å². The average molecular weight is 288 g/mol. The van der Waals surface area contributed by atoms with Gasteiger partial charge in [-0.25, -0.2) is 4.98 Å². The molecule has 0 aliphatic heterocycles. The molecule has 0 aliphatic rings. The molecule has 1 heterocycles. The third-order valence-corrected chi connectivity index (χ3v) is 2.19. The van der Waals surface area contributed by atoms with Crippen molar-refractivity contribution < 1.29 is 9.53 Å². The molecular weight excluding hydrogens is 274 g/mol. The van der Waals surface area contributed by atoms with Gasteiger partial charge in [0.05, 0.1) is 12.3 Å². The van der Waals surface area contributed by atoms with Gasteiger partial charge in [0, 0.05) is 13.1 Å². The van der Waals surface area contributed by atoms with Crippen molar-refractivity contribution in [3.8, 4) is 0 Å². The zero-order chi connectivity index (χ0) is 11.8. The summed E-state index contributed by atoms with van der Waals surface area (Å²) in [7, 11) is 0. The number of hydrogen-bond acceptors (Lipinski definition) is 4. The van der Waals surface area contributed by atoms with E-state index in [2.05, 4.69) is 26.2 Å². The van der Waals surface area contributed by atoms with Crippen molar-refractivity contribution in [1.82, 2.24) is 10.3 Å². The van der Waals surface area contributed by atoms with E-state index in [9.17, 15) is 4.79 Å². The third-order valence-electron chi connectivity index (χ3n) is 1.75. The predicted molar refractivity (Wildman–Crippen MR) is 63.7 cm³/mol. The van der Waals surface area contributed by atoms with Crippen molar-refractivity contribution in [2.24, 2.45) is 5.73 Å². The lowest BCUT2D eigenvalue weighted by atomic mass is 10.3. The fourth-order valence-corrected chi connectivity index (χ4v) is 1.46. The van der Waals surface area contributed by atoms with Crippen molar-refractivity contribution >= 4 is 21.8 Å². The van der Waals surface area contributed by atoms with Crippen LogP contribution in [-0.2, 0) is 16.1 Å². The molecule has 1 amide bonds. The van der Waals surface area contributed by atoms with Gasteiger partial charge in [0.15, 0.2) is 0 Å². The normalized spacial score (nSPS) is 10.3. The van der Waals surface area contributed by atoms with Crippen molar-refractivity contribution in [3.05, 3.63) is 28.5 Å². The van der Waals surface area contributed by atoms with Crippen LogP contribution in [-0.4, -0.2) is 30.6 Å². The lowest BCUT2D eigenvalue weighted by molar-refractivity contribution is -0.122. The fraction of sp³-hybridized carbons (Fsp3) is 0.400. The Labute approximate surface area is 103 Å². The van der Waals surface area contributed by atoms with Crippen molar-refractivity contribution in [3.63, 3.8) is 0 Å². The molecule has 0 aliphatic carbocycles. The van der Waals surface area contributed by atoms with Crippen LogP contribution in [0.2, 0.25) is 0 Å². The van der Waals surface area contributed by atoms with Gasteiger partial charge >= 0.3 is 0 Å². The Bertz CT molecular complexity index is 347. The van der Waals surface area contributed by atoms with Crippen LogP contribution in [0.1, 0.15) is 5.69 Å². The first-order valence-corrected chi connectivity index (χ1v) is 5.66. The maximum Gasteiger partial charge on any atom is 0.243 e. The summed E-state index contributed by atoms with van der Waals surface area (Å²) in [5.74, 6) is -0.450. The lowest BCUT2D eigenvalue weighted by Gasteiger charge is -2.04.